The second-order valence-corrected chi connectivity index (χ2v) is 11.7. The standard InChI is InChI=1S/C42H27F2N3/c43-28-10-9-15-32(24-28)45(33-19-22-37-35-16-7-8-17-39(35)46(41(37)26-33)30-11-3-1-4-12-30)34-20-23-38-36-21-18-29(44)25-40(36)47(42(38)27-34)31-13-5-2-6-14-31/h1-27H. The minimum absolute atomic E-state index is 0.291. The Balaban J connectivity index is 1.33. The minimum atomic E-state index is -0.318. The smallest absolute Gasteiger partial charge is 0.125 e. The molecule has 47 heavy (non-hydrogen) atoms. The fraction of sp³-hybridized carbons (Fsp3) is 0. The number of nitrogens with zero attached hydrogens (tertiary/aromatic N) is 3. The average molecular weight is 612 g/mol. The lowest BCUT2D eigenvalue weighted by molar-refractivity contribution is 0.628. The van der Waals surface area contributed by atoms with Gasteiger partial charge in [-0.2, -0.15) is 0 Å². The summed E-state index contributed by atoms with van der Waals surface area (Å²) in [5.74, 6) is -0.608. The Morgan fingerprint density at radius 3 is 1.43 bits per heavy atom. The molecule has 0 bridgehead atoms. The number of para-hydroxylation sites is 3. The number of benzene rings is 7. The normalized spacial score (nSPS) is 11.6. The summed E-state index contributed by atoms with van der Waals surface area (Å²) >= 11 is 0. The van der Waals surface area contributed by atoms with Crippen LogP contribution in [0.1, 0.15) is 0 Å². The van der Waals surface area contributed by atoms with E-state index in [1.165, 1.54) is 12.1 Å². The molecule has 9 rings (SSSR count). The van der Waals surface area contributed by atoms with Crippen molar-refractivity contribution in [1.82, 2.24) is 9.13 Å². The van der Waals surface area contributed by atoms with Crippen molar-refractivity contribution >= 4 is 60.7 Å². The lowest BCUT2D eigenvalue weighted by atomic mass is 10.1. The van der Waals surface area contributed by atoms with Crippen LogP contribution in [0.25, 0.3) is 55.0 Å². The van der Waals surface area contributed by atoms with Crippen LogP contribution in [0.15, 0.2) is 164 Å². The van der Waals surface area contributed by atoms with Crippen molar-refractivity contribution in [1.29, 1.82) is 0 Å². The summed E-state index contributed by atoms with van der Waals surface area (Å²) in [7, 11) is 0. The maximum absolute atomic E-state index is 14.9. The fourth-order valence-electron chi connectivity index (χ4n) is 6.99. The third kappa shape index (κ3) is 4.39. The number of halogens is 2. The number of hydrogen-bond donors (Lipinski definition) is 0. The second kappa shape index (κ2) is 10.7. The zero-order valence-electron chi connectivity index (χ0n) is 25.2. The number of rotatable bonds is 5. The molecule has 0 aliphatic rings. The van der Waals surface area contributed by atoms with Gasteiger partial charge in [0.25, 0.3) is 0 Å². The molecule has 0 N–H and O–H groups in total. The molecule has 0 aliphatic carbocycles. The first kappa shape index (κ1) is 27.1. The van der Waals surface area contributed by atoms with E-state index in [2.05, 4.69) is 86.8 Å². The van der Waals surface area contributed by atoms with E-state index in [1.54, 1.807) is 18.2 Å². The molecule has 7 aromatic carbocycles. The summed E-state index contributed by atoms with van der Waals surface area (Å²) in [6.07, 6.45) is 0. The Morgan fingerprint density at radius 1 is 0.340 bits per heavy atom. The van der Waals surface area contributed by atoms with Gasteiger partial charge in [-0.1, -0.05) is 72.8 Å². The number of hydrogen-bond acceptors (Lipinski definition) is 1. The third-order valence-corrected chi connectivity index (χ3v) is 8.98. The molecule has 0 fully saturated rings. The molecule has 224 valence electrons. The molecule has 0 unspecified atom stereocenters. The van der Waals surface area contributed by atoms with E-state index in [9.17, 15) is 8.78 Å². The van der Waals surface area contributed by atoms with E-state index >= 15 is 0 Å². The van der Waals surface area contributed by atoms with E-state index in [0.717, 1.165) is 66.4 Å². The highest BCUT2D eigenvalue weighted by molar-refractivity contribution is 6.12. The first-order chi connectivity index (χ1) is 23.1. The van der Waals surface area contributed by atoms with E-state index in [-0.39, 0.29) is 11.6 Å². The maximum Gasteiger partial charge on any atom is 0.125 e. The molecular weight excluding hydrogens is 584 g/mol. The van der Waals surface area contributed by atoms with Gasteiger partial charge in [0.1, 0.15) is 11.6 Å². The van der Waals surface area contributed by atoms with Crippen molar-refractivity contribution in [3.8, 4) is 11.4 Å². The number of aromatic nitrogens is 2. The van der Waals surface area contributed by atoms with Crippen LogP contribution in [0.3, 0.4) is 0 Å². The molecule has 0 spiro atoms. The van der Waals surface area contributed by atoms with Gasteiger partial charge in [0.05, 0.1) is 22.1 Å². The van der Waals surface area contributed by atoms with Crippen LogP contribution in [0.5, 0.6) is 0 Å². The molecule has 0 amide bonds. The van der Waals surface area contributed by atoms with Gasteiger partial charge < -0.3 is 14.0 Å². The molecule has 0 saturated heterocycles. The predicted octanol–water partition coefficient (Wildman–Crippen LogP) is 11.6. The van der Waals surface area contributed by atoms with Crippen LogP contribution in [0.2, 0.25) is 0 Å². The number of anilines is 3. The molecule has 0 atom stereocenters. The molecule has 5 heteroatoms. The van der Waals surface area contributed by atoms with Gasteiger partial charge in [-0.25, -0.2) is 8.78 Å². The Hall–Kier alpha value is -6.20. The Kier molecular flexibility index (Phi) is 6.18. The molecule has 2 aromatic heterocycles. The third-order valence-electron chi connectivity index (χ3n) is 8.98. The van der Waals surface area contributed by atoms with Gasteiger partial charge in [0.15, 0.2) is 0 Å². The van der Waals surface area contributed by atoms with E-state index < -0.39 is 0 Å². The molecule has 0 radical (unpaired) electrons. The minimum Gasteiger partial charge on any atom is -0.310 e. The Labute approximate surface area is 269 Å². The summed E-state index contributed by atoms with van der Waals surface area (Å²) < 4.78 is 33.9. The SMILES string of the molecule is Fc1cccc(N(c2ccc3c4ccccc4n(-c4ccccc4)c3c2)c2ccc3c4ccc(F)cc4n(-c4ccccc4)c3c2)c1. The van der Waals surface area contributed by atoms with Gasteiger partial charge in [0, 0.05) is 50.0 Å². The van der Waals surface area contributed by atoms with Crippen molar-refractivity contribution in [3.05, 3.63) is 175 Å². The largest absolute Gasteiger partial charge is 0.310 e. The highest BCUT2D eigenvalue weighted by Crippen LogP contribution is 2.42. The molecule has 0 aliphatic heterocycles. The zero-order chi connectivity index (χ0) is 31.5. The van der Waals surface area contributed by atoms with E-state index in [1.807, 2.05) is 60.7 Å². The molecule has 9 aromatic rings. The van der Waals surface area contributed by atoms with Crippen LogP contribution in [0, 0.1) is 11.6 Å². The molecule has 2 heterocycles. The average Bonchev–Trinajstić information content (AvgIpc) is 3.61. The van der Waals surface area contributed by atoms with Gasteiger partial charge in [-0.3, -0.25) is 0 Å². The summed E-state index contributed by atoms with van der Waals surface area (Å²) in [5, 5.41) is 4.26. The molecular formula is C42H27F2N3. The topological polar surface area (TPSA) is 13.1 Å². The van der Waals surface area contributed by atoms with Crippen molar-refractivity contribution in [2.75, 3.05) is 4.90 Å². The first-order valence-corrected chi connectivity index (χ1v) is 15.6. The van der Waals surface area contributed by atoms with Crippen LogP contribution in [-0.2, 0) is 0 Å². The van der Waals surface area contributed by atoms with Crippen LogP contribution < -0.4 is 4.90 Å². The summed E-state index contributed by atoms with van der Waals surface area (Å²) in [5.41, 5.74) is 8.30. The quantitative estimate of drug-likeness (QED) is 0.189. The predicted molar refractivity (Wildman–Crippen MR) is 190 cm³/mol. The van der Waals surface area contributed by atoms with Crippen molar-refractivity contribution in [2.24, 2.45) is 0 Å². The van der Waals surface area contributed by atoms with Crippen molar-refractivity contribution < 1.29 is 8.78 Å². The maximum atomic E-state index is 14.9. The van der Waals surface area contributed by atoms with Crippen molar-refractivity contribution in [3.63, 3.8) is 0 Å². The Bertz CT molecular complexity index is 2600. The van der Waals surface area contributed by atoms with Crippen molar-refractivity contribution in [2.45, 2.75) is 0 Å². The lowest BCUT2D eigenvalue weighted by Crippen LogP contribution is -2.10. The monoisotopic (exact) mass is 611 g/mol. The second-order valence-electron chi connectivity index (χ2n) is 11.7. The zero-order valence-corrected chi connectivity index (χ0v) is 25.2. The van der Waals surface area contributed by atoms with Crippen LogP contribution in [0.4, 0.5) is 25.8 Å². The fourth-order valence-corrected chi connectivity index (χ4v) is 6.99. The highest BCUT2D eigenvalue weighted by Gasteiger charge is 2.20. The molecule has 0 saturated carbocycles. The van der Waals surface area contributed by atoms with Gasteiger partial charge in [0.2, 0.25) is 0 Å². The summed E-state index contributed by atoms with van der Waals surface area (Å²) in [4.78, 5) is 2.09. The Morgan fingerprint density at radius 2 is 0.809 bits per heavy atom. The highest BCUT2D eigenvalue weighted by atomic mass is 19.1. The van der Waals surface area contributed by atoms with E-state index in [4.69, 9.17) is 0 Å². The van der Waals surface area contributed by atoms with Crippen LogP contribution in [-0.4, -0.2) is 9.13 Å². The molecule has 3 nitrogen and oxygen atoms in total. The summed E-state index contributed by atoms with van der Waals surface area (Å²) in [6, 6.07) is 53.0. The lowest BCUT2D eigenvalue weighted by Gasteiger charge is -2.26. The number of fused-ring (bicyclic) bond motifs is 6. The van der Waals surface area contributed by atoms with Gasteiger partial charge in [-0.15, -0.1) is 0 Å². The first-order valence-electron chi connectivity index (χ1n) is 15.6. The van der Waals surface area contributed by atoms with E-state index in [0.29, 0.717) is 5.69 Å². The van der Waals surface area contributed by atoms with Crippen LogP contribution >= 0.6 is 0 Å². The summed E-state index contributed by atoms with van der Waals surface area (Å²) in [6.45, 7) is 0. The van der Waals surface area contributed by atoms with Gasteiger partial charge in [-0.05, 0) is 91.0 Å². The van der Waals surface area contributed by atoms with Gasteiger partial charge >= 0.3 is 0 Å².